The molecule has 0 N–H and O–H groups in total. The van der Waals surface area contributed by atoms with Crippen molar-refractivity contribution in [2.45, 2.75) is 25.7 Å². The van der Waals surface area contributed by atoms with Crippen molar-refractivity contribution < 1.29 is 0 Å². The van der Waals surface area contributed by atoms with Crippen LogP contribution in [-0.4, -0.2) is 10.7 Å². The average molecular weight is 270 g/mol. The van der Waals surface area contributed by atoms with E-state index in [4.69, 9.17) is 0 Å². The van der Waals surface area contributed by atoms with E-state index in [9.17, 15) is 0 Å². The molecule has 0 aromatic carbocycles. The van der Waals surface area contributed by atoms with Gasteiger partial charge in [0.1, 0.15) is 0 Å². The van der Waals surface area contributed by atoms with Crippen LogP contribution < -0.4 is 0 Å². The quantitative estimate of drug-likeness (QED) is 0.673. The number of hydrogen-bond acceptors (Lipinski definition) is 0. The standard InChI is InChI=1S/C8H14Br2/c9-5-7-2-1-3-8(4-7)6-10/h7-8H,1-6H2/t7-,8+. The average Bonchev–Trinajstić information content (AvgIpc) is 2.05. The zero-order valence-corrected chi connectivity index (χ0v) is 9.33. The summed E-state index contributed by atoms with van der Waals surface area (Å²) < 4.78 is 0. The molecule has 0 aromatic heterocycles. The third-order valence-corrected chi connectivity index (χ3v) is 4.16. The second-order valence-electron chi connectivity index (χ2n) is 3.21. The molecule has 0 nitrogen and oxygen atoms in total. The first kappa shape index (κ1) is 9.05. The summed E-state index contributed by atoms with van der Waals surface area (Å²) in [5, 5.41) is 2.41. The molecule has 0 bridgehead atoms. The lowest BCUT2D eigenvalue weighted by Crippen LogP contribution is -2.17. The lowest BCUT2D eigenvalue weighted by Gasteiger charge is -2.26. The van der Waals surface area contributed by atoms with Gasteiger partial charge in [-0.05, 0) is 31.1 Å². The first-order chi connectivity index (χ1) is 4.86. The Morgan fingerprint density at radius 2 is 1.50 bits per heavy atom. The molecule has 0 amide bonds. The first-order valence-corrected chi connectivity index (χ1v) is 6.23. The van der Waals surface area contributed by atoms with Gasteiger partial charge in [-0.25, -0.2) is 0 Å². The monoisotopic (exact) mass is 268 g/mol. The molecular weight excluding hydrogens is 256 g/mol. The third kappa shape index (κ3) is 2.54. The Morgan fingerprint density at radius 1 is 1.00 bits per heavy atom. The molecule has 2 atom stereocenters. The van der Waals surface area contributed by atoms with Crippen LogP contribution in [0, 0.1) is 11.8 Å². The number of hydrogen-bond donors (Lipinski definition) is 0. The molecule has 0 radical (unpaired) electrons. The van der Waals surface area contributed by atoms with Gasteiger partial charge in [0.15, 0.2) is 0 Å². The van der Waals surface area contributed by atoms with Crippen molar-refractivity contribution in [2.24, 2.45) is 11.8 Å². The van der Waals surface area contributed by atoms with Gasteiger partial charge in [0.25, 0.3) is 0 Å². The molecule has 1 fully saturated rings. The van der Waals surface area contributed by atoms with Crippen LogP contribution in [0.2, 0.25) is 0 Å². The zero-order chi connectivity index (χ0) is 7.40. The highest BCUT2D eigenvalue weighted by Gasteiger charge is 2.19. The topological polar surface area (TPSA) is 0 Å². The van der Waals surface area contributed by atoms with E-state index in [0.717, 1.165) is 11.8 Å². The minimum Gasteiger partial charge on any atom is -0.0925 e. The van der Waals surface area contributed by atoms with Crippen LogP contribution >= 0.6 is 31.9 Å². The normalized spacial score (nSPS) is 34.2. The van der Waals surface area contributed by atoms with Crippen molar-refractivity contribution in [1.82, 2.24) is 0 Å². The minimum absolute atomic E-state index is 0.955. The SMILES string of the molecule is BrC[C@@H]1CCC[C@H](CBr)C1. The molecule has 0 aromatic rings. The molecular formula is C8H14Br2. The Labute approximate surface area is 80.0 Å². The number of rotatable bonds is 2. The Hall–Kier alpha value is 0.960. The van der Waals surface area contributed by atoms with Crippen molar-refractivity contribution in [2.75, 3.05) is 10.7 Å². The highest BCUT2D eigenvalue weighted by atomic mass is 79.9. The van der Waals surface area contributed by atoms with Gasteiger partial charge in [-0.3, -0.25) is 0 Å². The van der Waals surface area contributed by atoms with Gasteiger partial charge in [-0.2, -0.15) is 0 Å². The Morgan fingerprint density at radius 3 is 1.90 bits per heavy atom. The maximum Gasteiger partial charge on any atom is 0.00597 e. The van der Waals surface area contributed by atoms with E-state index in [2.05, 4.69) is 31.9 Å². The number of halogens is 2. The minimum atomic E-state index is 0.955. The van der Waals surface area contributed by atoms with Crippen LogP contribution in [0.5, 0.6) is 0 Å². The first-order valence-electron chi connectivity index (χ1n) is 3.98. The summed E-state index contributed by atoms with van der Waals surface area (Å²) in [5.41, 5.74) is 0. The van der Waals surface area contributed by atoms with Crippen LogP contribution in [0.1, 0.15) is 25.7 Å². The maximum atomic E-state index is 3.55. The maximum absolute atomic E-state index is 3.55. The summed E-state index contributed by atoms with van der Waals surface area (Å²) in [4.78, 5) is 0. The summed E-state index contributed by atoms with van der Waals surface area (Å²) in [5.74, 6) is 1.91. The van der Waals surface area contributed by atoms with Gasteiger partial charge in [0.05, 0.1) is 0 Å². The Kier molecular flexibility index (Phi) is 4.31. The van der Waals surface area contributed by atoms with E-state index in [1.165, 1.54) is 36.3 Å². The zero-order valence-electron chi connectivity index (χ0n) is 6.15. The molecule has 0 saturated heterocycles. The predicted octanol–water partition coefficient (Wildman–Crippen LogP) is 3.58. The van der Waals surface area contributed by atoms with Gasteiger partial charge in [-0.15, -0.1) is 0 Å². The predicted molar refractivity (Wildman–Crippen MR) is 53.0 cm³/mol. The van der Waals surface area contributed by atoms with E-state index in [0.29, 0.717) is 0 Å². The van der Waals surface area contributed by atoms with E-state index in [-0.39, 0.29) is 0 Å². The molecule has 2 heteroatoms. The highest BCUT2D eigenvalue weighted by molar-refractivity contribution is 9.09. The summed E-state index contributed by atoms with van der Waals surface area (Å²) in [6.07, 6.45) is 5.74. The molecule has 1 saturated carbocycles. The third-order valence-electron chi connectivity index (χ3n) is 2.33. The molecule has 0 unspecified atom stereocenters. The van der Waals surface area contributed by atoms with Crippen molar-refractivity contribution in [3.8, 4) is 0 Å². The van der Waals surface area contributed by atoms with Gasteiger partial charge in [-0.1, -0.05) is 38.3 Å². The molecule has 0 heterocycles. The Balaban J connectivity index is 2.25. The van der Waals surface area contributed by atoms with Crippen molar-refractivity contribution >= 4 is 31.9 Å². The molecule has 0 aliphatic heterocycles. The van der Waals surface area contributed by atoms with Crippen molar-refractivity contribution in [3.05, 3.63) is 0 Å². The molecule has 1 aliphatic rings. The molecule has 10 heavy (non-hydrogen) atoms. The van der Waals surface area contributed by atoms with Crippen LogP contribution in [-0.2, 0) is 0 Å². The van der Waals surface area contributed by atoms with Gasteiger partial charge >= 0.3 is 0 Å². The summed E-state index contributed by atoms with van der Waals surface area (Å²) in [6, 6.07) is 0. The lowest BCUT2D eigenvalue weighted by molar-refractivity contribution is 0.311. The lowest BCUT2D eigenvalue weighted by atomic mass is 9.84. The summed E-state index contributed by atoms with van der Waals surface area (Å²) in [6.45, 7) is 0. The van der Waals surface area contributed by atoms with Gasteiger partial charge < -0.3 is 0 Å². The fraction of sp³-hybridized carbons (Fsp3) is 1.00. The fourth-order valence-electron chi connectivity index (χ4n) is 1.68. The largest absolute Gasteiger partial charge is 0.0925 e. The summed E-state index contributed by atoms with van der Waals surface area (Å²) in [7, 11) is 0. The van der Waals surface area contributed by atoms with Crippen LogP contribution in [0.4, 0.5) is 0 Å². The second kappa shape index (κ2) is 4.76. The fourth-order valence-corrected chi connectivity index (χ4v) is 2.86. The van der Waals surface area contributed by atoms with Crippen LogP contribution in [0.15, 0.2) is 0 Å². The van der Waals surface area contributed by atoms with Crippen LogP contribution in [0.25, 0.3) is 0 Å². The molecule has 0 spiro atoms. The van der Waals surface area contributed by atoms with E-state index in [1.54, 1.807) is 0 Å². The van der Waals surface area contributed by atoms with Gasteiger partial charge in [0.2, 0.25) is 0 Å². The number of alkyl halides is 2. The summed E-state index contributed by atoms with van der Waals surface area (Å²) >= 11 is 7.10. The van der Waals surface area contributed by atoms with Crippen molar-refractivity contribution in [3.63, 3.8) is 0 Å². The second-order valence-corrected chi connectivity index (χ2v) is 4.50. The highest BCUT2D eigenvalue weighted by Crippen LogP contribution is 2.30. The molecule has 60 valence electrons. The molecule has 1 aliphatic carbocycles. The smallest absolute Gasteiger partial charge is 0.00597 e. The molecule has 1 rings (SSSR count). The van der Waals surface area contributed by atoms with Crippen LogP contribution in [0.3, 0.4) is 0 Å². The van der Waals surface area contributed by atoms with E-state index >= 15 is 0 Å². The van der Waals surface area contributed by atoms with Crippen molar-refractivity contribution in [1.29, 1.82) is 0 Å². The van der Waals surface area contributed by atoms with E-state index in [1.807, 2.05) is 0 Å². The Bertz CT molecular complexity index is 83.3. The van der Waals surface area contributed by atoms with E-state index < -0.39 is 0 Å². The van der Waals surface area contributed by atoms with Gasteiger partial charge in [0, 0.05) is 10.7 Å².